The molecule has 1 aromatic heterocycles. The number of nitrogens with zero attached hydrogens (tertiary/aromatic N) is 2. The van der Waals surface area contributed by atoms with Crippen molar-refractivity contribution in [2.24, 2.45) is 5.41 Å². The van der Waals surface area contributed by atoms with E-state index in [2.05, 4.69) is 38.5 Å². The van der Waals surface area contributed by atoms with Crippen LogP contribution in [0.4, 0.5) is 39.3 Å². The van der Waals surface area contributed by atoms with Gasteiger partial charge in [0.05, 0.1) is 11.0 Å². The highest BCUT2D eigenvalue weighted by Crippen LogP contribution is 2.44. The third kappa shape index (κ3) is 8.08. The van der Waals surface area contributed by atoms with Crippen molar-refractivity contribution in [2.75, 3.05) is 17.2 Å². The van der Waals surface area contributed by atoms with E-state index in [-0.39, 0.29) is 29.6 Å². The van der Waals surface area contributed by atoms with Crippen molar-refractivity contribution >= 4 is 34.3 Å². The molecule has 0 aliphatic heterocycles. The van der Waals surface area contributed by atoms with Crippen LogP contribution in [0.15, 0.2) is 66.7 Å². The third-order valence-corrected chi connectivity index (χ3v) is 7.28. The maximum absolute atomic E-state index is 12.6. The number of carbonyl (C=O) groups excluding carboxylic acids is 1. The van der Waals surface area contributed by atoms with Crippen LogP contribution in [0.3, 0.4) is 0 Å². The van der Waals surface area contributed by atoms with Crippen molar-refractivity contribution in [1.29, 1.82) is 0 Å². The summed E-state index contributed by atoms with van der Waals surface area (Å²) in [7, 11) is 0. The number of anilines is 3. The van der Waals surface area contributed by atoms with Crippen LogP contribution in [0.2, 0.25) is 0 Å². The number of alkyl halides is 5. The number of nitrogens with one attached hydrogen (secondary N) is 2. The lowest BCUT2D eigenvalue weighted by Crippen LogP contribution is -2.25. The second-order valence-electron chi connectivity index (χ2n) is 11.3. The van der Waals surface area contributed by atoms with Gasteiger partial charge in [-0.2, -0.15) is 8.78 Å². The lowest BCUT2D eigenvalue weighted by Gasteiger charge is -2.36. The van der Waals surface area contributed by atoms with Gasteiger partial charge in [-0.05, 0) is 85.3 Å². The molecule has 0 radical (unpaired) electrons. The van der Waals surface area contributed by atoms with Crippen LogP contribution >= 0.6 is 0 Å². The predicted molar refractivity (Wildman–Crippen MR) is 155 cm³/mol. The van der Waals surface area contributed by atoms with E-state index in [4.69, 9.17) is 9.72 Å². The van der Waals surface area contributed by atoms with Crippen molar-refractivity contribution < 1.29 is 41.0 Å². The highest BCUT2D eigenvalue weighted by Gasteiger charge is 2.32. The highest BCUT2D eigenvalue weighted by atomic mass is 19.4. The predicted octanol–water partition coefficient (Wildman–Crippen LogP) is 8.44. The van der Waals surface area contributed by atoms with Crippen LogP contribution in [-0.4, -0.2) is 35.0 Å². The van der Waals surface area contributed by atoms with Gasteiger partial charge in [-0.25, -0.2) is 4.98 Å². The molecule has 234 valence electrons. The summed E-state index contributed by atoms with van der Waals surface area (Å²) in [6, 6.07) is 16.4. The molecule has 0 bridgehead atoms. The van der Waals surface area contributed by atoms with Gasteiger partial charge < -0.3 is 29.4 Å². The number of fused-ring (bicyclic) bond motifs is 1. The van der Waals surface area contributed by atoms with Crippen LogP contribution in [0.25, 0.3) is 11.0 Å². The Morgan fingerprint density at radius 1 is 1.00 bits per heavy atom. The molecule has 8 nitrogen and oxygen atoms in total. The quantitative estimate of drug-likeness (QED) is 0.174. The van der Waals surface area contributed by atoms with E-state index in [0.717, 1.165) is 31.2 Å². The van der Waals surface area contributed by atoms with Crippen molar-refractivity contribution in [1.82, 2.24) is 9.55 Å². The molecule has 1 saturated carbocycles. The number of rotatable bonds is 10. The lowest BCUT2D eigenvalue weighted by molar-refractivity contribution is -0.274. The summed E-state index contributed by atoms with van der Waals surface area (Å²) in [5.41, 5.74) is 2.50. The summed E-state index contributed by atoms with van der Waals surface area (Å²) in [6.45, 7) is 1.21. The van der Waals surface area contributed by atoms with Gasteiger partial charge >= 0.3 is 13.0 Å². The Balaban J connectivity index is 1.33. The summed E-state index contributed by atoms with van der Waals surface area (Å²) in [5, 5.41) is 5.88. The molecule has 0 saturated heterocycles. The number of aromatic nitrogens is 2. The largest absolute Gasteiger partial charge is 0.573 e. The van der Waals surface area contributed by atoms with Crippen molar-refractivity contribution in [3.63, 3.8) is 0 Å². The maximum atomic E-state index is 12.6. The Bertz CT molecular complexity index is 1590. The highest BCUT2D eigenvalue weighted by molar-refractivity contribution is 5.92. The zero-order valence-corrected chi connectivity index (χ0v) is 24.0. The molecule has 3 aromatic carbocycles. The number of carbonyl (C=O) groups is 1. The van der Waals surface area contributed by atoms with Gasteiger partial charge in [0.2, 0.25) is 5.95 Å². The maximum Gasteiger partial charge on any atom is 0.573 e. The van der Waals surface area contributed by atoms with E-state index in [0.29, 0.717) is 28.6 Å². The molecule has 13 heteroatoms. The molecule has 1 aliphatic carbocycles. The normalized spacial score (nSPS) is 16.5. The smallest absolute Gasteiger partial charge is 0.484 e. The molecule has 1 amide bonds. The average molecular weight is 619 g/mol. The number of benzene rings is 3. The first-order chi connectivity index (χ1) is 20.8. The van der Waals surface area contributed by atoms with Crippen LogP contribution in [-0.2, 0) is 4.79 Å². The third-order valence-electron chi connectivity index (χ3n) is 7.28. The van der Waals surface area contributed by atoms with E-state index >= 15 is 0 Å². The van der Waals surface area contributed by atoms with E-state index in [9.17, 15) is 26.7 Å². The summed E-state index contributed by atoms with van der Waals surface area (Å²) in [6.07, 6.45) is -0.781. The Hall–Kier alpha value is -4.55. The van der Waals surface area contributed by atoms with Gasteiger partial charge in [-0.15, -0.1) is 13.2 Å². The fourth-order valence-electron chi connectivity index (χ4n) is 5.44. The first-order valence-electron chi connectivity index (χ1n) is 14.0. The number of hydrogen-bond acceptors (Lipinski definition) is 6. The number of ether oxygens (including phenoxy) is 3. The zero-order valence-electron chi connectivity index (χ0n) is 24.0. The van der Waals surface area contributed by atoms with Gasteiger partial charge in [-0.1, -0.05) is 20.3 Å². The first kappa shape index (κ1) is 30.9. The topological polar surface area (TPSA) is 86.6 Å². The van der Waals surface area contributed by atoms with Gasteiger partial charge in [-0.3, -0.25) is 4.79 Å². The molecule has 0 unspecified atom stereocenters. The zero-order chi connectivity index (χ0) is 31.5. The Morgan fingerprint density at radius 2 is 1.66 bits per heavy atom. The van der Waals surface area contributed by atoms with Crippen molar-refractivity contribution in [3.8, 4) is 17.2 Å². The number of hydrogen-bond donors (Lipinski definition) is 2. The minimum atomic E-state index is -4.78. The molecule has 1 fully saturated rings. The lowest BCUT2D eigenvalue weighted by atomic mass is 9.75. The summed E-state index contributed by atoms with van der Waals surface area (Å²) in [5.74, 6) is 0.126. The second-order valence-corrected chi connectivity index (χ2v) is 11.3. The molecular weight excluding hydrogens is 587 g/mol. The molecule has 4 aromatic rings. The van der Waals surface area contributed by atoms with E-state index in [1.807, 2.05) is 6.07 Å². The number of halogens is 5. The second kappa shape index (κ2) is 12.6. The molecule has 5 rings (SSSR count). The fourth-order valence-corrected chi connectivity index (χ4v) is 5.44. The van der Waals surface area contributed by atoms with E-state index < -0.39 is 18.9 Å². The summed E-state index contributed by atoms with van der Waals surface area (Å²) in [4.78, 5) is 17.2. The average Bonchev–Trinajstić information content (AvgIpc) is 3.29. The van der Waals surface area contributed by atoms with Crippen molar-refractivity contribution in [2.45, 2.75) is 58.5 Å². The number of imidazole rings is 1. The monoisotopic (exact) mass is 618 g/mol. The standard InChI is InChI=1S/C31H31F5N4O4/c1-30(2)15-3-4-21(17-30)40-26-14-13-24(42-18-27(41)37-19-5-9-22(10-6-19)43-28(32)33)16-25(26)39-29(40)38-20-7-11-23(12-8-20)44-31(34,35)36/h5-14,16,21,28H,3-4,15,17-18H2,1-2H3,(H,37,41)(H,38,39)/t21-/m1/s1. The van der Waals surface area contributed by atoms with Crippen LogP contribution < -0.4 is 24.8 Å². The fraction of sp³-hybridized carbons (Fsp3) is 0.355. The van der Waals surface area contributed by atoms with Gasteiger partial charge in [0.25, 0.3) is 5.91 Å². The van der Waals surface area contributed by atoms with E-state index in [1.54, 1.807) is 12.1 Å². The molecule has 1 atom stereocenters. The first-order valence-corrected chi connectivity index (χ1v) is 14.0. The number of amides is 1. The van der Waals surface area contributed by atoms with E-state index in [1.165, 1.54) is 48.5 Å². The van der Waals surface area contributed by atoms with Crippen molar-refractivity contribution in [3.05, 3.63) is 66.7 Å². The molecule has 1 heterocycles. The SMILES string of the molecule is CC1(C)CCC[C@@H](n2c(Nc3ccc(OC(F)(F)F)cc3)nc3cc(OCC(=O)Nc4ccc(OC(F)F)cc4)ccc32)C1. The van der Waals surface area contributed by atoms with Crippen LogP contribution in [0.1, 0.15) is 45.6 Å². The summed E-state index contributed by atoms with van der Waals surface area (Å²) >= 11 is 0. The van der Waals surface area contributed by atoms with Crippen LogP contribution in [0.5, 0.6) is 17.2 Å². The molecule has 1 aliphatic rings. The van der Waals surface area contributed by atoms with Gasteiger partial charge in [0, 0.05) is 23.5 Å². The van der Waals surface area contributed by atoms with Crippen LogP contribution in [0, 0.1) is 5.41 Å². The Kier molecular flexibility index (Phi) is 8.84. The minimum Gasteiger partial charge on any atom is -0.484 e. The molecule has 0 spiro atoms. The minimum absolute atomic E-state index is 0.0277. The van der Waals surface area contributed by atoms with Gasteiger partial charge in [0.1, 0.15) is 17.2 Å². The molecule has 44 heavy (non-hydrogen) atoms. The van der Waals surface area contributed by atoms with Gasteiger partial charge in [0.15, 0.2) is 6.61 Å². The summed E-state index contributed by atoms with van der Waals surface area (Å²) < 4.78 is 78.6. The molecule has 2 N–H and O–H groups in total. The Labute approximate surface area is 250 Å². The molecular formula is C31H31F5N4O4. The Morgan fingerprint density at radius 3 is 2.32 bits per heavy atom.